The quantitative estimate of drug-likeness (QED) is 0.101. The number of nitro benzene ring substituents is 4. The van der Waals surface area contributed by atoms with Gasteiger partial charge in [-0.3, -0.25) is 40.5 Å². The molecule has 0 saturated heterocycles. The van der Waals surface area contributed by atoms with Crippen LogP contribution in [0.15, 0.2) is 79.4 Å². The molecule has 0 saturated carbocycles. The van der Waals surface area contributed by atoms with E-state index in [2.05, 4.69) is 5.10 Å². The van der Waals surface area contributed by atoms with Crippen molar-refractivity contribution in [2.75, 3.05) is 0 Å². The number of non-ortho nitro benzene ring substituents is 2. The summed E-state index contributed by atoms with van der Waals surface area (Å²) < 4.78 is 2.38. The molecule has 0 fully saturated rings. The monoisotopic (exact) mass is 533 g/mol. The number of nitrogens with zero attached hydrogens (tertiary/aromatic N) is 7. The molecular weight excluding hydrogens is 518 g/mol. The Kier molecular flexibility index (Phi) is 7.01. The molecule has 0 amide bonds. The van der Waals surface area contributed by atoms with Crippen LogP contribution in [0.4, 0.5) is 22.7 Å². The normalized spacial score (nSPS) is 11.5. The van der Waals surface area contributed by atoms with Crippen LogP contribution in [-0.4, -0.2) is 29.5 Å². The Morgan fingerprint density at radius 3 is 1.85 bits per heavy atom. The van der Waals surface area contributed by atoms with E-state index < -0.39 is 53.8 Å². The molecule has 0 aliphatic rings. The van der Waals surface area contributed by atoms with E-state index in [0.717, 1.165) is 40.7 Å². The lowest BCUT2D eigenvalue weighted by Gasteiger charge is -2.18. The lowest BCUT2D eigenvalue weighted by atomic mass is 10.0. The molecule has 39 heavy (non-hydrogen) atoms. The van der Waals surface area contributed by atoms with Gasteiger partial charge in [0.05, 0.1) is 31.8 Å². The third kappa shape index (κ3) is 5.38. The summed E-state index contributed by atoms with van der Waals surface area (Å²) in [5, 5.41) is 64.1. The molecule has 1 aromatic heterocycles. The molecule has 0 radical (unpaired) electrons. The average Bonchev–Trinajstić information content (AvgIpc) is 3.36. The van der Waals surface area contributed by atoms with Gasteiger partial charge in [0.25, 0.3) is 29.1 Å². The lowest BCUT2D eigenvalue weighted by molar-refractivity contribution is -0.582. The van der Waals surface area contributed by atoms with Gasteiger partial charge in [0.1, 0.15) is 12.2 Å². The van der Waals surface area contributed by atoms with Crippen LogP contribution < -0.4 is 9.67 Å². The van der Waals surface area contributed by atoms with Gasteiger partial charge in [0, 0.05) is 17.2 Å². The van der Waals surface area contributed by atoms with Crippen LogP contribution in [-0.2, 0) is 6.54 Å². The van der Waals surface area contributed by atoms with Crippen LogP contribution in [0.25, 0.3) is 11.5 Å². The van der Waals surface area contributed by atoms with E-state index in [0.29, 0.717) is 12.1 Å². The van der Waals surface area contributed by atoms with Crippen molar-refractivity contribution in [2.24, 2.45) is 0 Å². The summed E-state index contributed by atoms with van der Waals surface area (Å²) >= 11 is 0. The van der Waals surface area contributed by atoms with Crippen LogP contribution in [0.1, 0.15) is 16.7 Å². The Labute approximate surface area is 216 Å². The SMILES string of the molecule is O=[N+]([O-])c1ccc(/C([O-])=C(/c2c([N+](=O)[O-])cc([N+](=O)[O-])cc2[N+](=O)[O-])[n+]2cnn(Cc3ccccc3)c2)cc1. The zero-order chi connectivity index (χ0) is 28.3. The second kappa shape index (κ2) is 10.5. The van der Waals surface area contributed by atoms with E-state index in [4.69, 9.17) is 0 Å². The number of nitro groups is 4. The second-order valence-corrected chi connectivity index (χ2v) is 7.95. The summed E-state index contributed by atoms with van der Waals surface area (Å²) in [6.45, 7) is 0.206. The molecule has 0 aliphatic carbocycles. The number of aromatic nitrogens is 3. The third-order valence-corrected chi connectivity index (χ3v) is 5.51. The standard InChI is InChI=1S/C23H15N7O9/c31-23(16-6-8-17(9-7-16)27(32)33)22(25-13-24-26(14-25)12-15-4-2-1-3-5-15)21-19(29(36)37)10-18(28(34)35)11-20(21)30(38)39/h1-11,13-14H,12H2/b23-22+. The van der Waals surface area contributed by atoms with Crippen molar-refractivity contribution < 1.29 is 29.4 Å². The fourth-order valence-electron chi connectivity index (χ4n) is 3.76. The summed E-state index contributed by atoms with van der Waals surface area (Å²) in [6, 6.07) is 14.2. The lowest BCUT2D eigenvalue weighted by Crippen LogP contribution is -2.34. The minimum absolute atomic E-state index is 0.194. The Balaban J connectivity index is 2.01. The van der Waals surface area contributed by atoms with E-state index in [1.165, 1.54) is 11.0 Å². The first-order chi connectivity index (χ1) is 18.6. The first-order valence-electron chi connectivity index (χ1n) is 10.8. The Morgan fingerprint density at radius 1 is 0.769 bits per heavy atom. The number of hydrogen-bond acceptors (Lipinski definition) is 10. The molecular formula is C23H15N7O9. The first-order valence-corrected chi connectivity index (χ1v) is 10.8. The van der Waals surface area contributed by atoms with Crippen molar-refractivity contribution in [3.63, 3.8) is 0 Å². The van der Waals surface area contributed by atoms with E-state index in [-0.39, 0.29) is 17.8 Å². The van der Waals surface area contributed by atoms with Gasteiger partial charge in [-0.2, -0.15) is 0 Å². The fraction of sp³-hybridized carbons (Fsp3) is 0.0435. The number of hydrogen-bond donors (Lipinski definition) is 0. The van der Waals surface area contributed by atoms with Gasteiger partial charge in [0.15, 0.2) is 5.56 Å². The highest BCUT2D eigenvalue weighted by molar-refractivity contribution is 5.89. The highest BCUT2D eigenvalue weighted by Gasteiger charge is 2.35. The molecule has 0 N–H and O–H groups in total. The molecule has 4 rings (SSSR count). The topological polar surface area (TPSA) is 217 Å². The van der Waals surface area contributed by atoms with Crippen molar-refractivity contribution in [3.8, 4) is 0 Å². The molecule has 3 aromatic carbocycles. The second-order valence-electron chi connectivity index (χ2n) is 7.95. The molecule has 0 spiro atoms. The predicted octanol–water partition coefficient (Wildman–Crippen LogP) is 2.59. The number of rotatable bonds is 9. The highest BCUT2D eigenvalue weighted by Crippen LogP contribution is 2.39. The first kappa shape index (κ1) is 26.0. The predicted molar refractivity (Wildman–Crippen MR) is 130 cm³/mol. The molecule has 4 aromatic rings. The molecule has 0 unspecified atom stereocenters. The maximum atomic E-state index is 13.7. The maximum absolute atomic E-state index is 13.7. The minimum Gasteiger partial charge on any atom is -0.870 e. The summed E-state index contributed by atoms with van der Waals surface area (Å²) in [4.78, 5) is 42.4. The molecule has 0 atom stereocenters. The smallest absolute Gasteiger partial charge is 0.294 e. The molecule has 0 aliphatic heterocycles. The molecule has 196 valence electrons. The molecule has 1 heterocycles. The number of benzene rings is 3. The zero-order valence-corrected chi connectivity index (χ0v) is 19.5. The van der Waals surface area contributed by atoms with Crippen molar-refractivity contribution >= 4 is 34.2 Å². The van der Waals surface area contributed by atoms with Gasteiger partial charge in [0.2, 0.25) is 6.33 Å². The van der Waals surface area contributed by atoms with E-state index in [1.54, 1.807) is 30.3 Å². The Morgan fingerprint density at radius 2 is 1.33 bits per heavy atom. The maximum Gasteiger partial charge on any atom is 0.294 e. The van der Waals surface area contributed by atoms with E-state index >= 15 is 0 Å². The average molecular weight is 533 g/mol. The molecule has 0 bridgehead atoms. The van der Waals surface area contributed by atoms with Gasteiger partial charge < -0.3 is 5.11 Å². The third-order valence-electron chi connectivity index (χ3n) is 5.51. The zero-order valence-electron chi connectivity index (χ0n) is 19.5. The van der Waals surface area contributed by atoms with Gasteiger partial charge in [-0.1, -0.05) is 36.1 Å². The fourth-order valence-corrected chi connectivity index (χ4v) is 3.76. The van der Waals surface area contributed by atoms with Crippen molar-refractivity contribution in [2.45, 2.75) is 6.54 Å². The summed E-state index contributed by atoms with van der Waals surface area (Å²) in [5.74, 6) is -0.991. The molecule has 16 heteroatoms. The van der Waals surface area contributed by atoms with Gasteiger partial charge >= 0.3 is 0 Å². The van der Waals surface area contributed by atoms with Gasteiger partial charge in [-0.15, -0.1) is 4.68 Å². The van der Waals surface area contributed by atoms with Crippen molar-refractivity contribution in [3.05, 3.63) is 137 Å². The summed E-state index contributed by atoms with van der Waals surface area (Å²) in [7, 11) is 0. The van der Waals surface area contributed by atoms with E-state index in [9.17, 15) is 45.6 Å². The van der Waals surface area contributed by atoms with E-state index in [1.807, 2.05) is 0 Å². The van der Waals surface area contributed by atoms with Crippen LogP contribution in [0, 0.1) is 40.5 Å². The molecule has 16 nitrogen and oxygen atoms in total. The highest BCUT2D eigenvalue weighted by atomic mass is 16.6. The minimum atomic E-state index is -1.08. The summed E-state index contributed by atoms with van der Waals surface area (Å²) in [6.07, 6.45) is 2.36. The summed E-state index contributed by atoms with van der Waals surface area (Å²) in [5.41, 5.74) is -4.20. The van der Waals surface area contributed by atoms with Gasteiger partial charge in [-0.25, -0.2) is 4.57 Å². The van der Waals surface area contributed by atoms with Crippen molar-refractivity contribution in [1.29, 1.82) is 0 Å². The largest absolute Gasteiger partial charge is 0.870 e. The Hall–Kier alpha value is -6.06. The van der Waals surface area contributed by atoms with Crippen molar-refractivity contribution in [1.82, 2.24) is 9.78 Å². The van der Waals surface area contributed by atoms with Crippen LogP contribution >= 0.6 is 0 Å². The van der Waals surface area contributed by atoms with Gasteiger partial charge in [-0.05, 0) is 23.3 Å². The van der Waals surface area contributed by atoms with Crippen LogP contribution in [0.5, 0.6) is 0 Å². The van der Waals surface area contributed by atoms with Crippen LogP contribution in [0.2, 0.25) is 0 Å². The Bertz CT molecular complexity index is 1610. The van der Waals surface area contributed by atoms with Crippen LogP contribution in [0.3, 0.4) is 0 Å².